The summed E-state index contributed by atoms with van der Waals surface area (Å²) >= 11 is 0. The Balaban J connectivity index is 2.21. The van der Waals surface area contributed by atoms with E-state index in [1.54, 1.807) is 12.1 Å². The third kappa shape index (κ3) is 4.16. The van der Waals surface area contributed by atoms with Crippen LogP contribution in [0, 0.1) is 10.1 Å². The molecule has 0 bridgehead atoms. The third-order valence-corrected chi connectivity index (χ3v) is 3.89. The first kappa shape index (κ1) is 16.7. The van der Waals surface area contributed by atoms with Crippen molar-refractivity contribution in [1.82, 2.24) is 0 Å². The monoisotopic (exact) mass is 313 g/mol. The molecule has 0 aliphatic carbocycles. The van der Waals surface area contributed by atoms with E-state index in [0.717, 1.165) is 16.7 Å². The summed E-state index contributed by atoms with van der Waals surface area (Å²) in [6.45, 7) is 4.17. The lowest BCUT2D eigenvalue weighted by atomic mass is 9.90. The molecule has 0 aliphatic rings. The highest BCUT2D eigenvalue weighted by Gasteiger charge is 2.21. The van der Waals surface area contributed by atoms with Crippen molar-refractivity contribution in [3.05, 3.63) is 75.3 Å². The Morgan fingerprint density at radius 1 is 1.04 bits per heavy atom. The molecular formula is C18H19NO4. The van der Waals surface area contributed by atoms with Crippen LogP contribution in [0.2, 0.25) is 0 Å². The van der Waals surface area contributed by atoms with Gasteiger partial charge in [0.05, 0.1) is 10.8 Å². The topological polar surface area (TPSA) is 80.4 Å². The Hall–Kier alpha value is -2.69. The fourth-order valence-corrected chi connectivity index (χ4v) is 2.45. The number of benzene rings is 2. The van der Waals surface area contributed by atoms with Gasteiger partial charge in [0.15, 0.2) is 0 Å². The minimum Gasteiger partial charge on any atom is -0.481 e. The molecule has 0 heterocycles. The molecule has 2 aromatic carbocycles. The van der Waals surface area contributed by atoms with Gasteiger partial charge in [0.1, 0.15) is 0 Å². The van der Waals surface area contributed by atoms with E-state index in [1.165, 1.54) is 12.1 Å². The highest BCUT2D eigenvalue weighted by molar-refractivity contribution is 5.76. The maximum Gasteiger partial charge on any atom is 0.311 e. The number of nitrogens with zero attached hydrogens (tertiary/aromatic N) is 1. The number of hydrogen-bond acceptors (Lipinski definition) is 3. The maximum atomic E-state index is 11.6. The molecule has 0 aliphatic heterocycles. The minimum absolute atomic E-state index is 0.00177. The average Bonchev–Trinajstić information content (AvgIpc) is 2.53. The van der Waals surface area contributed by atoms with Crippen molar-refractivity contribution in [3.63, 3.8) is 0 Å². The standard InChI is InChI=1S/C18H19NO4/c1-12(2)14-5-7-15(8-6-14)17(18(20)21)11-13-3-9-16(10-4-13)19(22)23/h3-10,12,17H,11H2,1-2H3,(H,20,21). The maximum absolute atomic E-state index is 11.6. The lowest BCUT2D eigenvalue weighted by Gasteiger charge is -2.14. The Labute approximate surface area is 134 Å². The Morgan fingerprint density at radius 2 is 1.57 bits per heavy atom. The molecule has 120 valence electrons. The van der Waals surface area contributed by atoms with Crippen molar-refractivity contribution in [2.75, 3.05) is 0 Å². The van der Waals surface area contributed by atoms with Crippen LogP contribution in [0.3, 0.4) is 0 Å². The Bertz CT molecular complexity index is 690. The molecule has 2 rings (SSSR count). The summed E-state index contributed by atoms with van der Waals surface area (Å²) in [6, 6.07) is 13.6. The summed E-state index contributed by atoms with van der Waals surface area (Å²) in [7, 11) is 0. The molecule has 0 saturated heterocycles. The molecule has 23 heavy (non-hydrogen) atoms. The molecule has 0 saturated carbocycles. The van der Waals surface area contributed by atoms with Gasteiger partial charge in [-0.15, -0.1) is 0 Å². The first-order valence-electron chi connectivity index (χ1n) is 7.44. The van der Waals surface area contributed by atoms with E-state index in [0.29, 0.717) is 12.3 Å². The normalized spacial score (nSPS) is 12.1. The molecule has 2 aromatic rings. The predicted molar refractivity (Wildman–Crippen MR) is 87.7 cm³/mol. The number of nitro groups is 1. The van der Waals surface area contributed by atoms with E-state index in [1.807, 2.05) is 24.3 Å². The molecular weight excluding hydrogens is 294 g/mol. The van der Waals surface area contributed by atoms with Crippen molar-refractivity contribution >= 4 is 11.7 Å². The molecule has 5 heteroatoms. The van der Waals surface area contributed by atoms with Crippen LogP contribution in [0.25, 0.3) is 0 Å². The highest BCUT2D eigenvalue weighted by Crippen LogP contribution is 2.25. The number of rotatable bonds is 6. The molecule has 0 amide bonds. The second kappa shape index (κ2) is 7.05. The molecule has 0 spiro atoms. The van der Waals surface area contributed by atoms with Gasteiger partial charge in [-0.05, 0) is 29.0 Å². The molecule has 0 radical (unpaired) electrons. The third-order valence-electron chi connectivity index (χ3n) is 3.89. The van der Waals surface area contributed by atoms with Gasteiger partial charge in [0.2, 0.25) is 0 Å². The molecule has 5 nitrogen and oxygen atoms in total. The minimum atomic E-state index is -0.902. The van der Waals surface area contributed by atoms with Crippen LogP contribution >= 0.6 is 0 Å². The Kier molecular flexibility index (Phi) is 5.11. The van der Waals surface area contributed by atoms with Crippen LogP contribution in [0.15, 0.2) is 48.5 Å². The van der Waals surface area contributed by atoms with Crippen LogP contribution < -0.4 is 0 Å². The van der Waals surface area contributed by atoms with Gasteiger partial charge in [-0.25, -0.2) is 0 Å². The van der Waals surface area contributed by atoms with E-state index in [-0.39, 0.29) is 5.69 Å². The van der Waals surface area contributed by atoms with Crippen molar-refractivity contribution in [2.24, 2.45) is 0 Å². The number of aliphatic carboxylic acids is 1. The number of non-ortho nitro benzene ring substituents is 1. The van der Waals surface area contributed by atoms with Gasteiger partial charge in [-0.1, -0.05) is 50.2 Å². The quantitative estimate of drug-likeness (QED) is 0.642. The molecule has 1 unspecified atom stereocenters. The van der Waals surface area contributed by atoms with E-state index in [2.05, 4.69) is 13.8 Å². The van der Waals surface area contributed by atoms with Gasteiger partial charge in [-0.2, -0.15) is 0 Å². The van der Waals surface area contributed by atoms with E-state index >= 15 is 0 Å². The molecule has 1 atom stereocenters. The first-order valence-corrected chi connectivity index (χ1v) is 7.44. The van der Waals surface area contributed by atoms with Gasteiger partial charge in [-0.3, -0.25) is 14.9 Å². The second-order valence-electron chi connectivity index (χ2n) is 5.84. The summed E-state index contributed by atoms with van der Waals surface area (Å²) in [5.41, 5.74) is 2.66. The van der Waals surface area contributed by atoms with Gasteiger partial charge < -0.3 is 5.11 Å². The number of nitro benzene ring substituents is 1. The summed E-state index contributed by atoms with van der Waals surface area (Å²) in [5, 5.41) is 20.2. The van der Waals surface area contributed by atoms with Crippen molar-refractivity contribution in [1.29, 1.82) is 0 Å². The fraction of sp³-hybridized carbons (Fsp3) is 0.278. The van der Waals surface area contributed by atoms with Gasteiger partial charge in [0, 0.05) is 12.1 Å². The average molecular weight is 313 g/mol. The lowest BCUT2D eigenvalue weighted by Crippen LogP contribution is -2.14. The predicted octanol–water partition coefficient (Wildman–Crippen LogP) is 4.13. The van der Waals surface area contributed by atoms with Crippen LogP contribution in [0.4, 0.5) is 5.69 Å². The van der Waals surface area contributed by atoms with Crippen LogP contribution in [0.5, 0.6) is 0 Å². The molecule has 1 N–H and O–H groups in total. The Morgan fingerprint density at radius 3 is 2.00 bits per heavy atom. The second-order valence-corrected chi connectivity index (χ2v) is 5.84. The van der Waals surface area contributed by atoms with Gasteiger partial charge >= 0.3 is 5.97 Å². The van der Waals surface area contributed by atoms with Crippen LogP contribution in [0.1, 0.15) is 42.4 Å². The first-order chi connectivity index (χ1) is 10.9. The summed E-state index contributed by atoms with van der Waals surface area (Å²) in [4.78, 5) is 21.8. The highest BCUT2D eigenvalue weighted by atomic mass is 16.6. The van der Waals surface area contributed by atoms with Crippen LogP contribution in [-0.4, -0.2) is 16.0 Å². The van der Waals surface area contributed by atoms with Crippen molar-refractivity contribution < 1.29 is 14.8 Å². The zero-order valence-corrected chi connectivity index (χ0v) is 13.1. The largest absolute Gasteiger partial charge is 0.481 e. The number of carbonyl (C=O) groups is 1. The van der Waals surface area contributed by atoms with Crippen molar-refractivity contribution in [3.8, 4) is 0 Å². The van der Waals surface area contributed by atoms with E-state index < -0.39 is 16.8 Å². The zero-order valence-electron chi connectivity index (χ0n) is 13.1. The summed E-state index contributed by atoms with van der Waals surface area (Å²) in [5.74, 6) is -1.18. The van der Waals surface area contributed by atoms with Gasteiger partial charge in [0.25, 0.3) is 5.69 Å². The molecule has 0 fully saturated rings. The number of carboxylic acid groups (broad SMARTS) is 1. The summed E-state index contributed by atoms with van der Waals surface area (Å²) in [6.07, 6.45) is 0.300. The lowest BCUT2D eigenvalue weighted by molar-refractivity contribution is -0.384. The van der Waals surface area contributed by atoms with E-state index in [4.69, 9.17) is 0 Å². The molecule has 0 aromatic heterocycles. The van der Waals surface area contributed by atoms with E-state index in [9.17, 15) is 20.0 Å². The van der Waals surface area contributed by atoms with Crippen molar-refractivity contribution in [2.45, 2.75) is 32.1 Å². The number of hydrogen-bond donors (Lipinski definition) is 1. The fourth-order valence-electron chi connectivity index (χ4n) is 2.45. The smallest absolute Gasteiger partial charge is 0.311 e. The van der Waals surface area contributed by atoms with Crippen LogP contribution in [-0.2, 0) is 11.2 Å². The SMILES string of the molecule is CC(C)c1ccc(C(Cc2ccc([N+](=O)[O-])cc2)C(=O)O)cc1. The number of carboxylic acids is 1. The zero-order chi connectivity index (χ0) is 17.0. The summed E-state index contributed by atoms with van der Waals surface area (Å²) < 4.78 is 0.